The van der Waals surface area contributed by atoms with Gasteiger partial charge in [-0.3, -0.25) is 4.79 Å². The summed E-state index contributed by atoms with van der Waals surface area (Å²) in [5, 5.41) is 0.493. The third kappa shape index (κ3) is 1.93. The van der Waals surface area contributed by atoms with Gasteiger partial charge >= 0.3 is 0 Å². The van der Waals surface area contributed by atoms with Crippen molar-refractivity contribution in [2.24, 2.45) is 5.92 Å². The van der Waals surface area contributed by atoms with Gasteiger partial charge in [-0.15, -0.1) is 0 Å². The van der Waals surface area contributed by atoms with Crippen LogP contribution < -0.4 is 15.4 Å². The quantitative estimate of drug-likeness (QED) is 0.783. The number of anilines is 2. The van der Waals surface area contributed by atoms with Gasteiger partial charge in [-0.2, -0.15) is 0 Å². The molecule has 0 radical (unpaired) electrons. The van der Waals surface area contributed by atoms with E-state index in [1.54, 1.807) is 24.1 Å². The van der Waals surface area contributed by atoms with Gasteiger partial charge in [0.25, 0.3) is 5.91 Å². The number of nitrogens with two attached hydrogens (primary N) is 1. The van der Waals surface area contributed by atoms with Crippen LogP contribution in [0, 0.1) is 5.92 Å². The van der Waals surface area contributed by atoms with Crippen LogP contribution in [-0.2, 0) is 4.79 Å². The van der Waals surface area contributed by atoms with Crippen LogP contribution >= 0.6 is 11.6 Å². The minimum Gasteiger partial charge on any atom is -0.476 e. The molecule has 0 aromatic heterocycles. The Morgan fingerprint density at radius 1 is 1.47 bits per heavy atom. The van der Waals surface area contributed by atoms with Gasteiger partial charge in [-0.1, -0.05) is 25.4 Å². The van der Waals surface area contributed by atoms with Crippen molar-refractivity contribution < 1.29 is 9.53 Å². The van der Waals surface area contributed by atoms with Crippen LogP contribution in [-0.4, -0.2) is 19.1 Å². The number of hydrogen-bond donors (Lipinski definition) is 1. The number of nitrogen functional groups attached to an aromatic ring is 1. The van der Waals surface area contributed by atoms with Crippen molar-refractivity contribution in [3.05, 3.63) is 17.2 Å². The molecule has 0 saturated heterocycles. The second-order valence-electron chi connectivity index (χ2n) is 4.52. The lowest BCUT2D eigenvalue weighted by atomic mass is 10.0. The van der Waals surface area contributed by atoms with Crippen molar-refractivity contribution in [2.45, 2.75) is 20.0 Å². The molecule has 0 spiro atoms. The molecule has 0 aliphatic carbocycles. The lowest BCUT2D eigenvalue weighted by Crippen LogP contribution is -2.46. The van der Waals surface area contributed by atoms with E-state index in [9.17, 15) is 4.79 Å². The van der Waals surface area contributed by atoms with Crippen molar-refractivity contribution in [3.8, 4) is 5.75 Å². The second kappa shape index (κ2) is 4.11. The molecule has 1 aliphatic heterocycles. The summed E-state index contributed by atoms with van der Waals surface area (Å²) in [5.41, 5.74) is 6.94. The Morgan fingerprint density at radius 2 is 2.12 bits per heavy atom. The summed E-state index contributed by atoms with van der Waals surface area (Å²) >= 11 is 5.92. The fourth-order valence-corrected chi connectivity index (χ4v) is 2.11. The Bertz CT molecular complexity index is 474. The van der Waals surface area contributed by atoms with Gasteiger partial charge in [0.2, 0.25) is 0 Å². The molecule has 17 heavy (non-hydrogen) atoms. The van der Waals surface area contributed by atoms with E-state index in [4.69, 9.17) is 22.1 Å². The maximum atomic E-state index is 12.1. The van der Waals surface area contributed by atoms with E-state index in [0.717, 1.165) is 0 Å². The summed E-state index contributed by atoms with van der Waals surface area (Å²) in [4.78, 5) is 13.6. The van der Waals surface area contributed by atoms with Gasteiger partial charge < -0.3 is 15.4 Å². The molecule has 0 bridgehead atoms. The number of nitrogens with zero attached hydrogens (tertiary/aromatic N) is 1. The number of benzene rings is 1. The van der Waals surface area contributed by atoms with E-state index < -0.39 is 6.10 Å². The van der Waals surface area contributed by atoms with E-state index in [2.05, 4.69) is 0 Å². The summed E-state index contributed by atoms with van der Waals surface area (Å²) in [6, 6.07) is 3.31. The molecule has 1 atom stereocenters. The normalized spacial score (nSPS) is 19.2. The zero-order valence-electron chi connectivity index (χ0n) is 10.0. The maximum Gasteiger partial charge on any atom is 0.268 e. The van der Waals surface area contributed by atoms with Crippen LogP contribution in [0.15, 0.2) is 12.1 Å². The monoisotopic (exact) mass is 254 g/mol. The zero-order chi connectivity index (χ0) is 12.7. The van der Waals surface area contributed by atoms with Gasteiger partial charge in [-0.25, -0.2) is 0 Å². The highest BCUT2D eigenvalue weighted by molar-refractivity contribution is 6.31. The Balaban J connectivity index is 2.53. The van der Waals surface area contributed by atoms with Crippen LogP contribution in [0.5, 0.6) is 5.75 Å². The Labute approximate surface area is 105 Å². The lowest BCUT2D eigenvalue weighted by molar-refractivity contribution is -0.127. The first-order valence-corrected chi connectivity index (χ1v) is 5.83. The molecule has 2 rings (SSSR count). The van der Waals surface area contributed by atoms with Crippen LogP contribution in [0.2, 0.25) is 5.02 Å². The van der Waals surface area contributed by atoms with Gasteiger partial charge in [0, 0.05) is 12.1 Å². The fourth-order valence-electron chi connectivity index (χ4n) is 1.89. The number of fused-ring (bicyclic) bond motifs is 1. The van der Waals surface area contributed by atoms with Crippen molar-refractivity contribution in [1.82, 2.24) is 0 Å². The Morgan fingerprint density at radius 3 is 2.71 bits per heavy atom. The minimum absolute atomic E-state index is 0.0748. The van der Waals surface area contributed by atoms with E-state index >= 15 is 0 Å². The minimum atomic E-state index is -0.490. The average molecular weight is 255 g/mol. The fraction of sp³-hybridized carbons (Fsp3) is 0.417. The summed E-state index contributed by atoms with van der Waals surface area (Å²) in [6.07, 6.45) is -0.490. The number of likely N-dealkylation sites (N-methyl/N-ethyl adjacent to an activating group) is 1. The van der Waals surface area contributed by atoms with Crippen LogP contribution in [0.3, 0.4) is 0 Å². The van der Waals surface area contributed by atoms with Crippen LogP contribution in [0.1, 0.15) is 13.8 Å². The molecule has 0 fully saturated rings. The highest BCUT2D eigenvalue weighted by Crippen LogP contribution is 2.41. The third-order valence-corrected chi connectivity index (χ3v) is 3.07. The first-order chi connectivity index (χ1) is 7.91. The smallest absolute Gasteiger partial charge is 0.268 e. The molecule has 5 heteroatoms. The van der Waals surface area contributed by atoms with E-state index in [0.29, 0.717) is 22.1 Å². The van der Waals surface area contributed by atoms with E-state index in [-0.39, 0.29) is 11.8 Å². The van der Waals surface area contributed by atoms with Gasteiger partial charge in [0.1, 0.15) is 0 Å². The number of hydrogen-bond acceptors (Lipinski definition) is 3. The van der Waals surface area contributed by atoms with E-state index in [1.807, 2.05) is 13.8 Å². The van der Waals surface area contributed by atoms with Crippen LogP contribution in [0.25, 0.3) is 0 Å². The lowest BCUT2D eigenvalue weighted by Gasteiger charge is -2.34. The summed E-state index contributed by atoms with van der Waals surface area (Å²) < 4.78 is 5.69. The molecule has 1 aromatic rings. The van der Waals surface area contributed by atoms with Crippen molar-refractivity contribution in [3.63, 3.8) is 0 Å². The number of carbonyl (C=O) groups is 1. The molecule has 1 unspecified atom stereocenters. The second-order valence-corrected chi connectivity index (χ2v) is 4.96. The maximum absolute atomic E-state index is 12.1. The Hall–Kier alpha value is -1.42. The van der Waals surface area contributed by atoms with Gasteiger partial charge in [0.15, 0.2) is 11.9 Å². The van der Waals surface area contributed by atoms with Crippen molar-refractivity contribution in [1.29, 1.82) is 0 Å². The summed E-state index contributed by atoms with van der Waals surface area (Å²) in [6.45, 7) is 3.88. The number of ether oxygens (including phenoxy) is 1. The van der Waals surface area contributed by atoms with E-state index in [1.165, 1.54) is 0 Å². The SMILES string of the molecule is CC(C)C1Oc2c(N)cc(Cl)cc2N(C)C1=O. The molecule has 2 N–H and O–H groups in total. The first-order valence-electron chi connectivity index (χ1n) is 5.45. The molecule has 1 heterocycles. The zero-order valence-corrected chi connectivity index (χ0v) is 10.8. The number of amides is 1. The molecule has 1 aromatic carbocycles. The van der Waals surface area contributed by atoms with Gasteiger partial charge in [0.05, 0.1) is 11.4 Å². The third-order valence-electron chi connectivity index (χ3n) is 2.85. The van der Waals surface area contributed by atoms with Crippen LogP contribution in [0.4, 0.5) is 11.4 Å². The molecular weight excluding hydrogens is 240 g/mol. The Kier molecular flexibility index (Phi) is 2.91. The highest BCUT2D eigenvalue weighted by atomic mass is 35.5. The molecule has 0 saturated carbocycles. The molecule has 92 valence electrons. The predicted molar refractivity (Wildman–Crippen MR) is 68.5 cm³/mol. The number of halogens is 1. The topological polar surface area (TPSA) is 55.6 Å². The van der Waals surface area contributed by atoms with Crippen molar-refractivity contribution in [2.75, 3.05) is 17.7 Å². The highest BCUT2D eigenvalue weighted by Gasteiger charge is 2.35. The average Bonchev–Trinajstić information content (AvgIpc) is 2.23. The number of carbonyl (C=O) groups excluding carboxylic acids is 1. The predicted octanol–water partition coefficient (Wildman–Crippen LogP) is 2.30. The standard InChI is InChI=1S/C12H15ClN2O2/c1-6(2)10-12(16)15(3)9-5-7(13)4-8(14)11(9)17-10/h4-6,10H,14H2,1-3H3. The summed E-state index contributed by atoms with van der Waals surface area (Å²) in [7, 11) is 1.70. The largest absolute Gasteiger partial charge is 0.476 e. The summed E-state index contributed by atoms with van der Waals surface area (Å²) in [5.74, 6) is 0.553. The first kappa shape index (κ1) is 12.0. The van der Waals surface area contributed by atoms with Crippen molar-refractivity contribution >= 4 is 28.9 Å². The molecule has 1 amide bonds. The molecule has 1 aliphatic rings. The van der Waals surface area contributed by atoms with Gasteiger partial charge in [-0.05, 0) is 18.1 Å². The number of rotatable bonds is 1. The molecular formula is C12H15ClN2O2. The molecule has 4 nitrogen and oxygen atoms in total.